The molecule has 3 aliphatic heterocycles. The van der Waals surface area contributed by atoms with E-state index in [1.807, 2.05) is 30.3 Å². The van der Waals surface area contributed by atoms with Crippen LogP contribution in [0.4, 0.5) is 0 Å². The molecule has 0 unspecified atom stereocenters. The van der Waals surface area contributed by atoms with Crippen LogP contribution < -0.4 is 0 Å². The Morgan fingerprint density at radius 3 is 2.41 bits per heavy atom. The molecule has 0 radical (unpaired) electrons. The summed E-state index contributed by atoms with van der Waals surface area (Å²) in [5.74, 6) is 0.121. The molecule has 3 saturated heterocycles. The first kappa shape index (κ1) is 21.4. The number of ether oxygens (including phenoxy) is 5. The first-order valence-corrected chi connectivity index (χ1v) is 13.4. The lowest BCUT2D eigenvalue weighted by atomic mass is 9.80. The minimum atomic E-state index is -1.98. The number of benzene rings is 1. The monoisotopic (exact) mass is 422 g/mol. The Kier molecular flexibility index (Phi) is 5.70. The molecule has 1 spiro atoms. The fourth-order valence-electron chi connectivity index (χ4n) is 4.13. The van der Waals surface area contributed by atoms with Crippen molar-refractivity contribution in [2.45, 2.75) is 82.5 Å². The number of hydrogen-bond donors (Lipinski definition) is 0. The lowest BCUT2D eigenvalue weighted by Gasteiger charge is -2.52. The Bertz CT molecular complexity index is 705. The van der Waals surface area contributed by atoms with Gasteiger partial charge in [-0.25, -0.2) is 0 Å². The molecule has 29 heavy (non-hydrogen) atoms. The molecule has 7 heteroatoms. The third kappa shape index (κ3) is 3.94. The van der Waals surface area contributed by atoms with Crippen LogP contribution in [0.25, 0.3) is 0 Å². The van der Waals surface area contributed by atoms with E-state index < -0.39 is 26.5 Å². The third-order valence-corrected chi connectivity index (χ3v) is 11.4. The molecule has 0 aliphatic carbocycles. The molecule has 0 saturated carbocycles. The van der Waals surface area contributed by atoms with Crippen molar-refractivity contribution in [3.05, 3.63) is 35.9 Å². The first-order valence-electron chi connectivity index (χ1n) is 10.5. The van der Waals surface area contributed by atoms with Gasteiger partial charge in [-0.3, -0.25) is 0 Å². The summed E-state index contributed by atoms with van der Waals surface area (Å²) >= 11 is 0. The molecule has 0 N–H and O–H groups in total. The molecule has 162 valence electrons. The zero-order valence-corrected chi connectivity index (χ0v) is 19.3. The SMILES string of the molecule is CO[C@@H]1C[C@]23O[C@H](c4ccccc4)OC[C@H]2C[C@@H](O[Si](C)(C)C(C)(C)C)O[C@H]3O1. The molecular formula is C22H34O6Si. The topological polar surface area (TPSA) is 55.4 Å². The van der Waals surface area contributed by atoms with E-state index in [1.54, 1.807) is 7.11 Å². The zero-order valence-electron chi connectivity index (χ0n) is 18.3. The Labute approximate surface area is 174 Å². The highest BCUT2D eigenvalue weighted by Crippen LogP contribution is 2.52. The molecule has 0 amide bonds. The van der Waals surface area contributed by atoms with Crippen LogP contribution >= 0.6 is 0 Å². The maximum atomic E-state index is 6.57. The average molecular weight is 423 g/mol. The molecule has 6 atom stereocenters. The van der Waals surface area contributed by atoms with Crippen molar-refractivity contribution in [1.29, 1.82) is 0 Å². The van der Waals surface area contributed by atoms with E-state index in [0.29, 0.717) is 13.0 Å². The molecular weight excluding hydrogens is 388 g/mol. The Balaban J connectivity index is 1.56. The van der Waals surface area contributed by atoms with Crippen molar-refractivity contribution >= 4 is 8.32 Å². The van der Waals surface area contributed by atoms with Gasteiger partial charge in [-0.1, -0.05) is 51.1 Å². The number of rotatable bonds is 4. The summed E-state index contributed by atoms with van der Waals surface area (Å²) in [6, 6.07) is 10.0. The van der Waals surface area contributed by atoms with Gasteiger partial charge in [-0.15, -0.1) is 0 Å². The average Bonchev–Trinajstić information content (AvgIpc) is 3.03. The second-order valence-corrected chi connectivity index (χ2v) is 14.6. The van der Waals surface area contributed by atoms with E-state index >= 15 is 0 Å². The van der Waals surface area contributed by atoms with Crippen LogP contribution in [-0.4, -0.2) is 46.5 Å². The van der Waals surface area contributed by atoms with Crippen LogP contribution in [0.5, 0.6) is 0 Å². The predicted molar refractivity (Wildman–Crippen MR) is 111 cm³/mol. The zero-order chi connectivity index (χ0) is 20.9. The molecule has 0 aromatic heterocycles. The maximum Gasteiger partial charge on any atom is 0.195 e. The van der Waals surface area contributed by atoms with Gasteiger partial charge in [0.2, 0.25) is 0 Å². The molecule has 1 aromatic carbocycles. The standard InChI is InChI=1S/C22H34O6Si/c1-21(2,3)29(5,6)28-17-12-16-14-24-19(15-10-8-7-9-11-15)27-22(16)13-18(23-4)26-20(22)25-17/h7-11,16-20H,12-14H2,1-6H3/t16-,17-,18+,19-,20+,22+/m1/s1. The summed E-state index contributed by atoms with van der Waals surface area (Å²) in [7, 11) is -0.322. The van der Waals surface area contributed by atoms with Crippen LogP contribution in [0, 0.1) is 5.92 Å². The van der Waals surface area contributed by atoms with Gasteiger partial charge in [-0.05, 0) is 18.1 Å². The Morgan fingerprint density at radius 2 is 1.76 bits per heavy atom. The largest absolute Gasteiger partial charge is 0.392 e. The van der Waals surface area contributed by atoms with Crippen molar-refractivity contribution in [2.24, 2.45) is 5.92 Å². The van der Waals surface area contributed by atoms with Gasteiger partial charge in [0.1, 0.15) is 5.60 Å². The Morgan fingerprint density at radius 1 is 1.07 bits per heavy atom. The maximum absolute atomic E-state index is 6.57. The van der Waals surface area contributed by atoms with Gasteiger partial charge in [0.25, 0.3) is 0 Å². The lowest BCUT2D eigenvalue weighted by molar-refractivity contribution is -0.380. The summed E-state index contributed by atoms with van der Waals surface area (Å²) in [5.41, 5.74) is 0.409. The number of methoxy groups -OCH3 is 1. The first-order chi connectivity index (χ1) is 13.6. The normalized spacial score (nSPS) is 37.8. The Hall–Kier alpha value is -0.803. The van der Waals surface area contributed by atoms with Gasteiger partial charge < -0.3 is 28.1 Å². The minimum absolute atomic E-state index is 0.106. The second kappa shape index (κ2) is 7.71. The van der Waals surface area contributed by atoms with Crippen molar-refractivity contribution in [1.82, 2.24) is 0 Å². The van der Waals surface area contributed by atoms with Crippen molar-refractivity contribution in [3.8, 4) is 0 Å². The molecule has 3 heterocycles. The summed E-state index contributed by atoms with van der Waals surface area (Å²) in [6.45, 7) is 11.8. The highest BCUT2D eigenvalue weighted by atomic mass is 28.4. The van der Waals surface area contributed by atoms with Crippen LogP contribution in [0.1, 0.15) is 45.5 Å². The molecule has 4 rings (SSSR count). The van der Waals surface area contributed by atoms with Crippen molar-refractivity contribution in [3.63, 3.8) is 0 Å². The highest BCUT2D eigenvalue weighted by Gasteiger charge is 2.63. The quantitative estimate of drug-likeness (QED) is 0.663. The fourth-order valence-corrected chi connectivity index (χ4v) is 5.29. The number of hydrogen-bond acceptors (Lipinski definition) is 6. The summed E-state index contributed by atoms with van der Waals surface area (Å²) in [6.07, 6.45) is -0.298. The summed E-state index contributed by atoms with van der Waals surface area (Å²) < 4.78 is 37.2. The van der Waals surface area contributed by atoms with Crippen LogP contribution in [0.2, 0.25) is 18.1 Å². The fraction of sp³-hybridized carbons (Fsp3) is 0.727. The van der Waals surface area contributed by atoms with Crippen LogP contribution in [-0.2, 0) is 28.1 Å². The predicted octanol–water partition coefficient (Wildman–Crippen LogP) is 4.57. The van der Waals surface area contributed by atoms with Gasteiger partial charge in [0, 0.05) is 31.4 Å². The van der Waals surface area contributed by atoms with E-state index in [0.717, 1.165) is 12.0 Å². The minimum Gasteiger partial charge on any atom is -0.392 e. The van der Waals surface area contributed by atoms with Gasteiger partial charge in [0.05, 0.1) is 6.61 Å². The molecule has 3 aliphatic rings. The smallest absolute Gasteiger partial charge is 0.195 e. The molecule has 3 fully saturated rings. The summed E-state index contributed by atoms with van der Waals surface area (Å²) in [5, 5.41) is 0.106. The summed E-state index contributed by atoms with van der Waals surface area (Å²) in [4.78, 5) is 0. The van der Waals surface area contributed by atoms with Gasteiger partial charge >= 0.3 is 0 Å². The second-order valence-electron chi connectivity index (χ2n) is 9.86. The molecule has 6 nitrogen and oxygen atoms in total. The third-order valence-electron chi connectivity index (χ3n) is 6.95. The van der Waals surface area contributed by atoms with Gasteiger partial charge in [0.15, 0.2) is 33.5 Å². The lowest BCUT2D eigenvalue weighted by Crippen LogP contribution is -2.61. The van der Waals surface area contributed by atoms with Crippen molar-refractivity contribution < 1.29 is 28.1 Å². The molecule has 1 aromatic rings. The molecule has 0 bridgehead atoms. The van der Waals surface area contributed by atoms with Crippen LogP contribution in [0.3, 0.4) is 0 Å². The van der Waals surface area contributed by atoms with E-state index in [9.17, 15) is 0 Å². The van der Waals surface area contributed by atoms with E-state index in [4.69, 9.17) is 28.1 Å². The highest BCUT2D eigenvalue weighted by molar-refractivity contribution is 6.74. The van der Waals surface area contributed by atoms with Crippen molar-refractivity contribution in [2.75, 3.05) is 13.7 Å². The van der Waals surface area contributed by atoms with E-state index in [-0.39, 0.29) is 23.5 Å². The van der Waals surface area contributed by atoms with E-state index in [1.165, 1.54) is 0 Å². The van der Waals surface area contributed by atoms with E-state index in [2.05, 4.69) is 33.9 Å². The van der Waals surface area contributed by atoms with Crippen LogP contribution in [0.15, 0.2) is 30.3 Å². The van der Waals surface area contributed by atoms with Gasteiger partial charge in [-0.2, -0.15) is 0 Å².